The molecule has 0 amide bonds. The van der Waals surface area contributed by atoms with Crippen LogP contribution in [0.15, 0.2) is 43.1 Å². The van der Waals surface area contributed by atoms with E-state index in [-0.39, 0.29) is 6.04 Å². The third-order valence-electron chi connectivity index (χ3n) is 3.73. The summed E-state index contributed by atoms with van der Waals surface area (Å²) in [5, 5.41) is 14.0. The highest BCUT2D eigenvalue weighted by Gasteiger charge is 2.08. The van der Waals surface area contributed by atoms with Crippen molar-refractivity contribution in [3.8, 4) is 0 Å². The lowest BCUT2D eigenvalue weighted by atomic mass is 10.2. The number of nitrogens with two attached hydrogens (primary N) is 1. The first-order valence-electron chi connectivity index (χ1n) is 8.32. The van der Waals surface area contributed by atoms with E-state index in [1.165, 1.54) is 6.21 Å². The van der Waals surface area contributed by atoms with Gasteiger partial charge in [0.1, 0.15) is 5.65 Å². The Morgan fingerprint density at radius 3 is 2.96 bits per heavy atom. The van der Waals surface area contributed by atoms with Crippen LogP contribution >= 0.6 is 0 Å². The van der Waals surface area contributed by atoms with Crippen molar-refractivity contribution in [2.45, 2.75) is 26.4 Å². The van der Waals surface area contributed by atoms with Gasteiger partial charge in [0, 0.05) is 49.2 Å². The topological polar surface area (TPSA) is 117 Å². The van der Waals surface area contributed by atoms with E-state index in [2.05, 4.69) is 25.6 Å². The highest BCUT2D eigenvalue weighted by atomic mass is 15.1. The van der Waals surface area contributed by atoms with Crippen molar-refractivity contribution in [1.82, 2.24) is 24.7 Å². The standard InChI is InChI=1S/C18H22N8/c1-12(2)22-9-14(7-19)15-10-23-17(20)18(25-15)24-8-13-3-4-16-21-5-6-26(16)11-13/h3-7,9-12,19,22H,8H2,1-2H3,(H2,20,23)(H,24,25)/b14-9+,19-7?. The van der Waals surface area contributed by atoms with Gasteiger partial charge in [0.05, 0.1) is 11.9 Å². The van der Waals surface area contributed by atoms with E-state index in [0.717, 1.165) is 11.2 Å². The molecule has 0 aliphatic heterocycles. The fraction of sp³-hybridized carbons (Fsp3) is 0.222. The Hall–Kier alpha value is -3.42. The summed E-state index contributed by atoms with van der Waals surface area (Å²) < 4.78 is 1.95. The van der Waals surface area contributed by atoms with E-state index < -0.39 is 0 Å². The van der Waals surface area contributed by atoms with Gasteiger partial charge in [-0.15, -0.1) is 0 Å². The van der Waals surface area contributed by atoms with E-state index in [0.29, 0.717) is 29.4 Å². The number of hydrogen-bond donors (Lipinski definition) is 4. The van der Waals surface area contributed by atoms with Crippen LogP contribution in [-0.4, -0.2) is 31.6 Å². The molecule has 0 atom stereocenters. The molecule has 0 radical (unpaired) electrons. The molecule has 0 spiro atoms. The molecule has 0 aliphatic rings. The predicted octanol–water partition coefficient (Wildman–Crippen LogP) is 2.31. The maximum atomic E-state index is 7.60. The quantitative estimate of drug-likeness (QED) is 0.486. The van der Waals surface area contributed by atoms with Gasteiger partial charge in [-0.1, -0.05) is 6.07 Å². The average molecular weight is 350 g/mol. The molecule has 8 heteroatoms. The Morgan fingerprint density at radius 2 is 2.19 bits per heavy atom. The average Bonchev–Trinajstić information content (AvgIpc) is 3.09. The van der Waals surface area contributed by atoms with E-state index in [1.807, 2.05) is 42.8 Å². The molecule has 0 aliphatic carbocycles. The van der Waals surface area contributed by atoms with Crippen LogP contribution in [-0.2, 0) is 6.54 Å². The van der Waals surface area contributed by atoms with Gasteiger partial charge >= 0.3 is 0 Å². The molecule has 3 aromatic heterocycles. The number of anilines is 2. The normalized spacial score (nSPS) is 11.7. The first kappa shape index (κ1) is 17.4. The monoisotopic (exact) mass is 350 g/mol. The summed E-state index contributed by atoms with van der Waals surface area (Å²) in [5.74, 6) is 0.809. The third-order valence-corrected chi connectivity index (χ3v) is 3.73. The van der Waals surface area contributed by atoms with Crippen molar-refractivity contribution >= 4 is 29.1 Å². The van der Waals surface area contributed by atoms with Crippen LogP contribution in [0.25, 0.3) is 11.2 Å². The van der Waals surface area contributed by atoms with Gasteiger partial charge in [-0.3, -0.25) is 0 Å². The molecule has 134 valence electrons. The zero-order chi connectivity index (χ0) is 18.5. The predicted molar refractivity (Wildman–Crippen MR) is 104 cm³/mol. The first-order valence-corrected chi connectivity index (χ1v) is 8.32. The van der Waals surface area contributed by atoms with Gasteiger partial charge in [-0.2, -0.15) is 0 Å². The first-order chi connectivity index (χ1) is 12.6. The molecular weight excluding hydrogens is 328 g/mol. The van der Waals surface area contributed by atoms with Crippen LogP contribution in [0, 0.1) is 5.41 Å². The van der Waals surface area contributed by atoms with Gasteiger partial charge < -0.3 is 26.2 Å². The second-order valence-electron chi connectivity index (χ2n) is 6.14. The summed E-state index contributed by atoms with van der Waals surface area (Å²) in [7, 11) is 0. The SMILES string of the molecule is CC(C)N/C=C(\C=N)c1cnc(N)c(NCc2ccc3nccn3c2)n1. The molecule has 0 saturated heterocycles. The minimum atomic E-state index is 0.266. The lowest BCUT2D eigenvalue weighted by Crippen LogP contribution is -2.16. The summed E-state index contributed by atoms with van der Waals surface area (Å²) in [6.45, 7) is 4.60. The molecule has 0 aromatic carbocycles. The summed E-state index contributed by atoms with van der Waals surface area (Å²) >= 11 is 0. The van der Waals surface area contributed by atoms with Crippen molar-refractivity contribution in [3.63, 3.8) is 0 Å². The van der Waals surface area contributed by atoms with Crippen molar-refractivity contribution in [3.05, 3.63) is 54.4 Å². The number of allylic oxidation sites excluding steroid dienone is 1. The molecule has 3 aromatic rings. The molecule has 0 bridgehead atoms. The highest BCUT2D eigenvalue weighted by molar-refractivity contribution is 6.07. The smallest absolute Gasteiger partial charge is 0.169 e. The molecular formula is C18H22N8. The molecule has 5 N–H and O–H groups in total. The number of nitrogens with one attached hydrogen (secondary N) is 3. The number of rotatable bonds is 7. The van der Waals surface area contributed by atoms with Crippen molar-refractivity contribution in [2.75, 3.05) is 11.1 Å². The van der Waals surface area contributed by atoms with Gasteiger partial charge in [0.25, 0.3) is 0 Å². The number of aromatic nitrogens is 4. The summed E-state index contributed by atoms with van der Waals surface area (Å²) in [5.41, 5.74) is 9.12. The fourth-order valence-electron chi connectivity index (χ4n) is 2.37. The molecule has 3 heterocycles. The Bertz CT molecular complexity index is 941. The van der Waals surface area contributed by atoms with Crippen LogP contribution < -0.4 is 16.4 Å². The minimum Gasteiger partial charge on any atom is -0.388 e. The molecule has 0 fully saturated rings. The zero-order valence-corrected chi connectivity index (χ0v) is 14.8. The number of imidazole rings is 1. The minimum absolute atomic E-state index is 0.266. The summed E-state index contributed by atoms with van der Waals surface area (Å²) in [6, 6.07) is 4.22. The maximum Gasteiger partial charge on any atom is 0.169 e. The van der Waals surface area contributed by atoms with E-state index in [1.54, 1.807) is 18.6 Å². The number of nitrogen functional groups attached to an aromatic ring is 1. The van der Waals surface area contributed by atoms with Gasteiger partial charge in [0.15, 0.2) is 11.6 Å². The van der Waals surface area contributed by atoms with Crippen molar-refractivity contribution in [1.29, 1.82) is 5.41 Å². The largest absolute Gasteiger partial charge is 0.388 e. The van der Waals surface area contributed by atoms with Crippen LogP contribution in [0.5, 0.6) is 0 Å². The van der Waals surface area contributed by atoms with E-state index >= 15 is 0 Å². The second kappa shape index (κ2) is 7.64. The van der Waals surface area contributed by atoms with Gasteiger partial charge in [-0.05, 0) is 25.5 Å². The second-order valence-corrected chi connectivity index (χ2v) is 6.14. The van der Waals surface area contributed by atoms with Crippen LogP contribution in [0.1, 0.15) is 25.1 Å². The number of hydrogen-bond acceptors (Lipinski definition) is 7. The molecule has 26 heavy (non-hydrogen) atoms. The van der Waals surface area contributed by atoms with Gasteiger partial charge in [-0.25, -0.2) is 15.0 Å². The van der Waals surface area contributed by atoms with Gasteiger partial charge in [0.2, 0.25) is 0 Å². The Labute approximate surface area is 151 Å². The molecule has 3 rings (SSSR count). The highest BCUT2D eigenvalue weighted by Crippen LogP contribution is 2.17. The lowest BCUT2D eigenvalue weighted by Gasteiger charge is -2.11. The Balaban J connectivity index is 1.78. The Morgan fingerprint density at radius 1 is 1.35 bits per heavy atom. The van der Waals surface area contributed by atoms with Crippen LogP contribution in [0.3, 0.4) is 0 Å². The van der Waals surface area contributed by atoms with E-state index in [4.69, 9.17) is 11.1 Å². The molecule has 8 nitrogen and oxygen atoms in total. The number of pyridine rings is 1. The zero-order valence-electron chi connectivity index (χ0n) is 14.8. The Kier molecular flexibility index (Phi) is 5.12. The summed E-state index contributed by atoms with van der Waals surface area (Å²) in [6.07, 6.45) is 10.2. The maximum absolute atomic E-state index is 7.60. The van der Waals surface area contributed by atoms with Crippen molar-refractivity contribution < 1.29 is 0 Å². The van der Waals surface area contributed by atoms with Crippen molar-refractivity contribution in [2.24, 2.45) is 0 Å². The fourth-order valence-corrected chi connectivity index (χ4v) is 2.37. The lowest BCUT2D eigenvalue weighted by molar-refractivity contribution is 0.704. The third kappa shape index (κ3) is 3.97. The molecule has 0 unspecified atom stereocenters. The van der Waals surface area contributed by atoms with E-state index in [9.17, 15) is 0 Å². The number of fused-ring (bicyclic) bond motifs is 1. The number of nitrogens with zero attached hydrogens (tertiary/aromatic N) is 4. The van der Waals surface area contributed by atoms with Crippen LogP contribution in [0.4, 0.5) is 11.6 Å². The molecule has 0 saturated carbocycles. The van der Waals surface area contributed by atoms with Crippen LogP contribution in [0.2, 0.25) is 0 Å². The summed E-state index contributed by atoms with van der Waals surface area (Å²) in [4.78, 5) is 12.9.